The van der Waals surface area contributed by atoms with Gasteiger partial charge in [0, 0.05) is 15.7 Å². The number of furan rings is 1. The Morgan fingerprint density at radius 3 is 2.54 bits per heavy atom. The van der Waals surface area contributed by atoms with Crippen LogP contribution >= 0.6 is 15.9 Å². The molecule has 122 valence electrons. The summed E-state index contributed by atoms with van der Waals surface area (Å²) in [4.78, 5) is 12.4. The lowest BCUT2D eigenvalue weighted by atomic mass is 10.1. The molecule has 1 aromatic heterocycles. The minimum atomic E-state index is -0.378. The van der Waals surface area contributed by atoms with Crippen LogP contribution in [0.2, 0.25) is 0 Å². The van der Waals surface area contributed by atoms with Gasteiger partial charge in [0.1, 0.15) is 11.6 Å². The fourth-order valence-corrected chi connectivity index (χ4v) is 3.01. The first-order valence-electron chi connectivity index (χ1n) is 7.17. The molecule has 0 atom stereocenters. The highest BCUT2D eigenvalue weighted by Crippen LogP contribution is 2.30. The van der Waals surface area contributed by atoms with Gasteiger partial charge in [0.05, 0.1) is 5.69 Å². The van der Waals surface area contributed by atoms with Crippen molar-refractivity contribution in [2.45, 2.75) is 6.92 Å². The Balaban J connectivity index is 1.83. The van der Waals surface area contributed by atoms with E-state index in [0.29, 0.717) is 27.2 Å². The van der Waals surface area contributed by atoms with E-state index in [2.05, 4.69) is 21.2 Å². The van der Waals surface area contributed by atoms with Gasteiger partial charge in [-0.15, -0.1) is 0 Å². The Labute approximate surface area is 146 Å². The number of carbonyl (C=O) groups is 1. The molecule has 0 saturated heterocycles. The molecule has 24 heavy (non-hydrogen) atoms. The Morgan fingerprint density at radius 1 is 1.17 bits per heavy atom. The third kappa shape index (κ3) is 3.33. The molecule has 0 spiro atoms. The minimum Gasteiger partial charge on any atom is -0.451 e. The molecule has 3 N–H and O–H groups in total. The molecule has 0 unspecified atom stereocenters. The Morgan fingerprint density at radius 2 is 1.88 bits per heavy atom. The van der Waals surface area contributed by atoms with Crippen molar-refractivity contribution in [3.63, 3.8) is 0 Å². The molecular weight excluding hydrogens is 375 g/mol. The van der Waals surface area contributed by atoms with Crippen LogP contribution in [0.4, 0.5) is 15.8 Å². The number of benzene rings is 2. The number of hydrogen-bond donors (Lipinski definition) is 2. The van der Waals surface area contributed by atoms with Crippen molar-refractivity contribution in [3.05, 3.63) is 70.1 Å². The lowest BCUT2D eigenvalue weighted by molar-refractivity contribution is 0.0997. The van der Waals surface area contributed by atoms with Crippen LogP contribution in [0.15, 0.2) is 57.4 Å². The summed E-state index contributed by atoms with van der Waals surface area (Å²) in [5.41, 5.74) is 8.53. The average Bonchev–Trinajstić information content (AvgIpc) is 3.01. The third-order valence-electron chi connectivity index (χ3n) is 3.51. The van der Waals surface area contributed by atoms with Crippen LogP contribution in [0.25, 0.3) is 11.3 Å². The van der Waals surface area contributed by atoms with E-state index in [9.17, 15) is 9.18 Å². The zero-order valence-electron chi connectivity index (χ0n) is 12.8. The van der Waals surface area contributed by atoms with E-state index in [1.165, 1.54) is 12.1 Å². The predicted molar refractivity (Wildman–Crippen MR) is 95.3 cm³/mol. The zero-order chi connectivity index (χ0) is 17.3. The van der Waals surface area contributed by atoms with Crippen LogP contribution in [-0.2, 0) is 0 Å². The van der Waals surface area contributed by atoms with E-state index in [4.69, 9.17) is 10.2 Å². The fraction of sp³-hybridized carbons (Fsp3) is 0.0556. The Kier molecular flexibility index (Phi) is 4.40. The summed E-state index contributed by atoms with van der Waals surface area (Å²) in [6, 6.07) is 12.6. The van der Waals surface area contributed by atoms with Gasteiger partial charge in [-0.2, -0.15) is 0 Å². The third-order valence-corrected chi connectivity index (χ3v) is 4.13. The van der Waals surface area contributed by atoms with Crippen LogP contribution < -0.4 is 11.1 Å². The van der Waals surface area contributed by atoms with Gasteiger partial charge in [0.2, 0.25) is 0 Å². The molecule has 0 radical (unpaired) electrons. The average molecular weight is 389 g/mol. The van der Waals surface area contributed by atoms with E-state index in [1.807, 2.05) is 6.92 Å². The van der Waals surface area contributed by atoms with Crippen LogP contribution in [0.1, 0.15) is 16.1 Å². The first-order valence-corrected chi connectivity index (χ1v) is 7.96. The summed E-state index contributed by atoms with van der Waals surface area (Å²) >= 11 is 3.39. The van der Waals surface area contributed by atoms with E-state index < -0.39 is 0 Å². The summed E-state index contributed by atoms with van der Waals surface area (Å²) < 4.78 is 19.2. The van der Waals surface area contributed by atoms with Gasteiger partial charge in [0.15, 0.2) is 5.76 Å². The van der Waals surface area contributed by atoms with Gasteiger partial charge in [-0.05, 0) is 76.9 Å². The fourth-order valence-electron chi connectivity index (χ4n) is 2.33. The van der Waals surface area contributed by atoms with E-state index in [0.717, 1.165) is 5.56 Å². The van der Waals surface area contributed by atoms with Gasteiger partial charge in [-0.1, -0.05) is 0 Å². The number of amides is 1. The number of halogens is 2. The van der Waals surface area contributed by atoms with Crippen LogP contribution in [0.5, 0.6) is 0 Å². The van der Waals surface area contributed by atoms with E-state index >= 15 is 0 Å². The van der Waals surface area contributed by atoms with Crippen LogP contribution in [0.3, 0.4) is 0 Å². The number of rotatable bonds is 3. The second-order valence-corrected chi connectivity index (χ2v) is 6.17. The number of nitrogen functional groups attached to an aromatic ring is 1. The number of nitrogens with one attached hydrogen (secondary N) is 1. The summed E-state index contributed by atoms with van der Waals surface area (Å²) in [6.45, 7) is 1.85. The largest absolute Gasteiger partial charge is 0.451 e. The van der Waals surface area contributed by atoms with E-state index in [-0.39, 0.29) is 17.5 Å². The maximum Gasteiger partial charge on any atom is 0.291 e. The van der Waals surface area contributed by atoms with Gasteiger partial charge in [-0.3, -0.25) is 4.79 Å². The number of anilines is 2. The van der Waals surface area contributed by atoms with Crippen molar-refractivity contribution >= 4 is 33.2 Å². The maximum absolute atomic E-state index is 13.0. The molecule has 4 nitrogen and oxygen atoms in total. The van der Waals surface area contributed by atoms with Crippen molar-refractivity contribution in [2.75, 3.05) is 11.1 Å². The summed E-state index contributed by atoms with van der Waals surface area (Å²) in [6.07, 6.45) is 0. The smallest absolute Gasteiger partial charge is 0.291 e. The molecule has 3 rings (SSSR count). The quantitative estimate of drug-likeness (QED) is 0.620. The minimum absolute atomic E-state index is 0.164. The van der Waals surface area contributed by atoms with Crippen molar-refractivity contribution in [1.82, 2.24) is 0 Å². The summed E-state index contributed by atoms with van der Waals surface area (Å²) in [5.74, 6) is -0.0467. The van der Waals surface area contributed by atoms with E-state index in [1.54, 1.807) is 36.4 Å². The Hall–Kier alpha value is -2.60. The van der Waals surface area contributed by atoms with Crippen molar-refractivity contribution in [1.29, 1.82) is 0 Å². The van der Waals surface area contributed by atoms with Gasteiger partial charge < -0.3 is 15.5 Å². The number of hydrogen-bond acceptors (Lipinski definition) is 3. The highest BCUT2D eigenvalue weighted by molar-refractivity contribution is 9.10. The number of nitrogens with two attached hydrogens (primary N) is 1. The molecule has 1 amide bonds. The molecule has 0 fully saturated rings. The second kappa shape index (κ2) is 6.49. The monoisotopic (exact) mass is 388 g/mol. The molecule has 2 aromatic carbocycles. The molecule has 3 aromatic rings. The SMILES string of the molecule is Cc1cc(N)cc(Br)c1NC(=O)c1ccc(-c2ccc(F)cc2)o1. The molecule has 0 aliphatic carbocycles. The predicted octanol–water partition coefficient (Wildman–Crippen LogP) is 4.99. The highest BCUT2D eigenvalue weighted by Gasteiger charge is 2.15. The first-order chi connectivity index (χ1) is 11.4. The normalized spacial score (nSPS) is 10.6. The Bertz CT molecular complexity index is 881. The van der Waals surface area contributed by atoms with Crippen LogP contribution in [-0.4, -0.2) is 5.91 Å². The summed E-state index contributed by atoms with van der Waals surface area (Å²) in [5, 5.41) is 2.80. The number of aryl methyl sites for hydroxylation is 1. The van der Waals surface area contributed by atoms with Crippen molar-refractivity contribution in [2.24, 2.45) is 0 Å². The lowest BCUT2D eigenvalue weighted by Gasteiger charge is -2.10. The molecule has 0 aliphatic heterocycles. The standard InChI is InChI=1S/C18H14BrFN2O2/c1-10-8-13(21)9-14(19)17(10)22-18(23)16-7-6-15(24-16)11-2-4-12(20)5-3-11/h2-9H,21H2,1H3,(H,22,23). The molecule has 0 aliphatic rings. The van der Waals surface area contributed by atoms with Gasteiger partial charge in [-0.25, -0.2) is 4.39 Å². The van der Waals surface area contributed by atoms with Crippen LogP contribution in [0, 0.1) is 12.7 Å². The topological polar surface area (TPSA) is 68.3 Å². The van der Waals surface area contributed by atoms with Crippen molar-refractivity contribution in [3.8, 4) is 11.3 Å². The zero-order valence-corrected chi connectivity index (χ0v) is 14.4. The molecule has 6 heteroatoms. The maximum atomic E-state index is 13.0. The number of carbonyl (C=O) groups excluding carboxylic acids is 1. The van der Waals surface area contributed by atoms with Crippen molar-refractivity contribution < 1.29 is 13.6 Å². The molecule has 1 heterocycles. The first kappa shape index (κ1) is 16.3. The second-order valence-electron chi connectivity index (χ2n) is 5.32. The van der Waals surface area contributed by atoms with Gasteiger partial charge >= 0.3 is 0 Å². The molecular formula is C18H14BrFN2O2. The lowest BCUT2D eigenvalue weighted by Crippen LogP contribution is -2.12. The molecule has 0 bridgehead atoms. The van der Waals surface area contributed by atoms with Gasteiger partial charge in [0.25, 0.3) is 5.91 Å². The highest BCUT2D eigenvalue weighted by atomic mass is 79.9. The molecule has 0 saturated carbocycles. The summed E-state index contributed by atoms with van der Waals surface area (Å²) in [7, 11) is 0.